The van der Waals surface area contributed by atoms with E-state index in [9.17, 15) is 4.79 Å². The van der Waals surface area contributed by atoms with Gasteiger partial charge in [0.2, 0.25) is 0 Å². The fourth-order valence-electron chi connectivity index (χ4n) is 1.39. The number of rotatable bonds is 3. The molecule has 19 heavy (non-hydrogen) atoms. The highest BCUT2D eigenvalue weighted by Crippen LogP contribution is 2.12. The highest BCUT2D eigenvalue weighted by atomic mass is 79.9. The molecule has 0 aromatic carbocycles. The minimum absolute atomic E-state index is 0.161. The summed E-state index contributed by atoms with van der Waals surface area (Å²) in [4.78, 5) is 15.8. The SMILES string of the molecule is CC(C)(CO)NC(=O)Nc1nc2ccc(Br)cn2n1. The van der Waals surface area contributed by atoms with Crippen molar-refractivity contribution in [2.75, 3.05) is 11.9 Å². The number of hydrogen-bond acceptors (Lipinski definition) is 4. The monoisotopic (exact) mass is 327 g/mol. The number of hydrogen-bond donors (Lipinski definition) is 3. The third kappa shape index (κ3) is 3.42. The molecular formula is C11H14BrN5O2. The van der Waals surface area contributed by atoms with E-state index in [1.165, 1.54) is 0 Å². The highest BCUT2D eigenvalue weighted by molar-refractivity contribution is 9.10. The van der Waals surface area contributed by atoms with Crippen molar-refractivity contribution in [2.24, 2.45) is 0 Å². The van der Waals surface area contributed by atoms with Crippen LogP contribution in [0, 0.1) is 0 Å². The highest BCUT2D eigenvalue weighted by Gasteiger charge is 2.19. The number of carbonyl (C=O) groups is 1. The molecule has 102 valence electrons. The van der Waals surface area contributed by atoms with Gasteiger partial charge in [0.25, 0.3) is 5.95 Å². The van der Waals surface area contributed by atoms with Crippen LogP contribution in [0.15, 0.2) is 22.8 Å². The van der Waals surface area contributed by atoms with Crippen LogP contribution in [0.3, 0.4) is 0 Å². The van der Waals surface area contributed by atoms with Crippen LogP contribution >= 0.6 is 15.9 Å². The van der Waals surface area contributed by atoms with Gasteiger partial charge in [-0.05, 0) is 41.9 Å². The van der Waals surface area contributed by atoms with Crippen molar-refractivity contribution in [3.05, 3.63) is 22.8 Å². The Morgan fingerprint density at radius 3 is 2.95 bits per heavy atom. The second-order valence-electron chi connectivity index (χ2n) is 4.71. The molecule has 7 nitrogen and oxygen atoms in total. The van der Waals surface area contributed by atoms with Crippen LogP contribution in [0.2, 0.25) is 0 Å². The van der Waals surface area contributed by atoms with Gasteiger partial charge in [-0.2, -0.15) is 4.98 Å². The van der Waals surface area contributed by atoms with Gasteiger partial charge in [-0.25, -0.2) is 9.31 Å². The smallest absolute Gasteiger partial charge is 0.322 e. The largest absolute Gasteiger partial charge is 0.394 e. The topological polar surface area (TPSA) is 91.5 Å². The van der Waals surface area contributed by atoms with E-state index >= 15 is 0 Å². The lowest BCUT2D eigenvalue weighted by Crippen LogP contribution is -2.48. The summed E-state index contributed by atoms with van der Waals surface area (Å²) in [6.45, 7) is 3.26. The Hall–Kier alpha value is -1.67. The minimum Gasteiger partial charge on any atom is -0.394 e. The number of anilines is 1. The molecule has 2 amide bonds. The molecule has 0 spiro atoms. The first-order valence-electron chi connectivity index (χ1n) is 5.61. The number of pyridine rings is 1. The molecular weight excluding hydrogens is 314 g/mol. The van der Waals surface area contributed by atoms with Crippen molar-refractivity contribution in [2.45, 2.75) is 19.4 Å². The summed E-state index contributed by atoms with van der Waals surface area (Å²) in [5, 5.41) is 18.3. The zero-order chi connectivity index (χ0) is 14.0. The van der Waals surface area contributed by atoms with Crippen LogP contribution in [-0.4, -0.2) is 37.9 Å². The van der Waals surface area contributed by atoms with Gasteiger partial charge in [0.15, 0.2) is 5.65 Å². The van der Waals surface area contributed by atoms with Crippen molar-refractivity contribution < 1.29 is 9.90 Å². The van der Waals surface area contributed by atoms with Crippen molar-refractivity contribution in [1.29, 1.82) is 0 Å². The standard InChI is InChI=1S/C11H14BrN5O2/c1-11(2,6-18)15-10(19)14-9-13-8-4-3-7(12)5-17(8)16-9/h3-5,18H,6H2,1-2H3,(H2,14,15,16,19). The van der Waals surface area contributed by atoms with Crippen LogP contribution in [0.25, 0.3) is 5.65 Å². The molecule has 0 fully saturated rings. The van der Waals surface area contributed by atoms with E-state index < -0.39 is 11.6 Å². The molecule has 2 aromatic heterocycles. The summed E-state index contributed by atoms with van der Waals surface area (Å²) in [5.74, 6) is 0.198. The second-order valence-corrected chi connectivity index (χ2v) is 5.62. The molecule has 0 radical (unpaired) electrons. The van der Waals surface area contributed by atoms with E-state index in [1.807, 2.05) is 6.07 Å². The number of nitrogens with one attached hydrogen (secondary N) is 2. The van der Waals surface area contributed by atoms with Crippen molar-refractivity contribution >= 4 is 33.6 Å². The van der Waals surface area contributed by atoms with E-state index in [2.05, 4.69) is 36.6 Å². The Morgan fingerprint density at radius 1 is 1.53 bits per heavy atom. The molecule has 0 aliphatic carbocycles. The zero-order valence-electron chi connectivity index (χ0n) is 10.5. The molecule has 0 aliphatic heterocycles. The van der Waals surface area contributed by atoms with E-state index in [-0.39, 0.29) is 12.6 Å². The Kier molecular flexibility index (Phi) is 3.72. The first-order chi connectivity index (χ1) is 8.89. The van der Waals surface area contributed by atoms with Crippen LogP contribution in [-0.2, 0) is 0 Å². The van der Waals surface area contributed by atoms with Gasteiger partial charge in [-0.15, -0.1) is 5.10 Å². The number of amides is 2. The van der Waals surface area contributed by atoms with Gasteiger partial charge in [0.1, 0.15) is 0 Å². The van der Waals surface area contributed by atoms with Gasteiger partial charge >= 0.3 is 6.03 Å². The third-order valence-corrected chi connectivity index (χ3v) is 2.84. The Labute approximate surface area is 118 Å². The van der Waals surface area contributed by atoms with E-state index in [4.69, 9.17) is 5.11 Å². The number of fused-ring (bicyclic) bond motifs is 1. The predicted molar refractivity (Wildman–Crippen MR) is 74.0 cm³/mol. The van der Waals surface area contributed by atoms with E-state index in [0.29, 0.717) is 5.65 Å². The Balaban J connectivity index is 2.11. The van der Waals surface area contributed by atoms with Gasteiger partial charge in [-0.1, -0.05) is 0 Å². The molecule has 3 N–H and O–H groups in total. The average molecular weight is 328 g/mol. The molecule has 8 heteroatoms. The molecule has 0 aliphatic rings. The molecule has 0 bridgehead atoms. The summed E-state index contributed by atoms with van der Waals surface area (Å²) < 4.78 is 2.42. The number of urea groups is 1. The maximum Gasteiger partial charge on any atom is 0.322 e. The van der Waals surface area contributed by atoms with Crippen molar-refractivity contribution in [3.63, 3.8) is 0 Å². The molecule has 0 unspecified atom stereocenters. The molecule has 2 rings (SSSR count). The zero-order valence-corrected chi connectivity index (χ0v) is 12.1. The lowest BCUT2D eigenvalue weighted by Gasteiger charge is -2.22. The third-order valence-electron chi connectivity index (χ3n) is 2.37. The number of nitrogens with zero attached hydrogens (tertiary/aromatic N) is 3. The molecule has 0 atom stereocenters. The molecule has 2 heterocycles. The normalized spacial score (nSPS) is 11.6. The molecule has 0 saturated heterocycles. The number of aromatic nitrogens is 3. The van der Waals surface area contributed by atoms with Gasteiger partial charge in [-0.3, -0.25) is 5.32 Å². The maximum atomic E-state index is 11.7. The predicted octanol–water partition coefficient (Wildman–Crippen LogP) is 1.38. The van der Waals surface area contributed by atoms with Crippen LogP contribution in [0.5, 0.6) is 0 Å². The lowest BCUT2D eigenvalue weighted by atomic mass is 10.1. The first-order valence-corrected chi connectivity index (χ1v) is 6.41. The molecule has 2 aromatic rings. The molecule has 0 saturated carbocycles. The van der Waals surface area contributed by atoms with E-state index in [1.54, 1.807) is 30.6 Å². The fourth-order valence-corrected chi connectivity index (χ4v) is 1.72. The van der Waals surface area contributed by atoms with E-state index in [0.717, 1.165) is 4.47 Å². The summed E-state index contributed by atoms with van der Waals surface area (Å²) in [7, 11) is 0. The fraction of sp³-hybridized carbons (Fsp3) is 0.364. The second kappa shape index (κ2) is 5.14. The van der Waals surface area contributed by atoms with Crippen LogP contribution < -0.4 is 10.6 Å². The number of aliphatic hydroxyl groups excluding tert-OH is 1. The van der Waals surface area contributed by atoms with Crippen LogP contribution in [0.1, 0.15) is 13.8 Å². The number of carbonyl (C=O) groups excluding carboxylic acids is 1. The maximum absolute atomic E-state index is 11.7. The summed E-state index contributed by atoms with van der Waals surface area (Å²) in [6.07, 6.45) is 1.74. The number of halogens is 1. The Morgan fingerprint density at radius 2 is 2.26 bits per heavy atom. The summed E-state index contributed by atoms with van der Waals surface area (Å²) in [5.41, 5.74) is -0.0772. The average Bonchev–Trinajstić information content (AvgIpc) is 2.69. The van der Waals surface area contributed by atoms with Crippen LogP contribution in [0.4, 0.5) is 10.7 Å². The van der Waals surface area contributed by atoms with Crippen molar-refractivity contribution in [1.82, 2.24) is 19.9 Å². The summed E-state index contributed by atoms with van der Waals surface area (Å²) >= 11 is 3.33. The van der Waals surface area contributed by atoms with Gasteiger partial charge in [0, 0.05) is 10.7 Å². The van der Waals surface area contributed by atoms with Gasteiger partial charge in [0.05, 0.1) is 12.1 Å². The lowest BCUT2D eigenvalue weighted by molar-refractivity contribution is 0.187. The van der Waals surface area contributed by atoms with Gasteiger partial charge < -0.3 is 10.4 Å². The number of aliphatic hydroxyl groups is 1. The van der Waals surface area contributed by atoms with Crippen molar-refractivity contribution in [3.8, 4) is 0 Å². The summed E-state index contributed by atoms with van der Waals surface area (Å²) in [6, 6.07) is 3.15. The minimum atomic E-state index is -0.702. The first kappa shape index (κ1) is 13.8. The quantitative estimate of drug-likeness (QED) is 0.794. The Bertz CT molecular complexity index is 610.